The third-order valence-corrected chi connectivity index (χ3v) is 6.69. The monoisotopic (exact) mass is 471 g/mol. The molecule has 2 aliphatic rings. The van der Waals surface area contributed by atoms with E-state index < -0.39 is 0 Å². The summed E-state index contributed by atoms with van der Waals surface area (Å²) >= 11 is 0. The van der Waals surface area contributed by atoms with Crippen molar-refractivity contribution in [3.63, 3.8) is 0 Å². The molecule has 1 fully saturated rings. The molecule has 0 unspecified atom stereocenters. The Morgan fingerprint density at radius 1 is 1.14 bits per heavy atom. The molecule has 0 aliphatic carbocycles. The Morgan fingerprint density at radius 2 is 1.94 bits per heavy atom. The predicted molar refractivity (Wildman–Crippen MR) is 136 cm³/mol. The molecule has 5 rings (SSSR count). The van der Waals surface area contributed by atoms with E-state index in [1.165, 1.54) is 12.1 Å². The molecule has 0 spiro atoms. The summed E-state index contributed by atoms with van der Waals surface area (Å²) in [5, 5.41) is 0. The van der Waals surface area contributed by atoms with Crippen LogP contribution in [0.3, 0.4) is 0 Å². The van der Waals surface area contributed by atoms with Gasteiger partial charge in [0, 0.05) is 25.0 Å². The van der Waals surface area contributed by atoms with Crippen LogP contribution in [0.15, 0.2) is 65.7 Å². The van der Waals surface area contributed by atoms with Crippen molar-refractivity contribution in [1.82, 2.24) is 19.4 Å². The highest BCUT2D eigenvalue weighted by molar-refractivity contribution is 6.14. The van der Waals surface area contributed by atoms with Crippen LogP contribution in [-0.4, -0.2) is 44.3 Å². The van der Waals surface area contributed by atoms with Crippen molar-refractivity contribution < 1.29 is 9.18 Å². The fourth-order valence-corrected chi connectivity index (χ4v) is 4.86. The Labute approximate surface area is 205 Å². The summed E-state index contributed by atoms with van der Waals surface area (Å²) in [4.78, 5) is 26.8. The lowest BCUT2D eigenvalue weighted by atomic mass is 9.99. The number of nitrogens with zero attached hydrogens (tertiary/aromatic N) is 5. The number of imidazole rings is 1. The Hall–Kier alpha value is -3.74. The van der Waals surface area contributed by atoms with Crippen molar-refractivity contribution in [2.24, 2.45) is 4.99 Å². The maximum absolute atomic E-state index is 13.6. The van der Waals surface area contributed by atoms with E-state index in [1.54, 1.807) is 23.4 Å². The maximum atomic E-state index is 13.6. The molecule has 3 aromatic rings. The third kappa shape index (κ3) is 4.50. The number of aryl methyl sites for hydroxylation is 2. The molecule has 0 saturated carbocycles. The number of benzene rings is 2. The van der Waals surface area contributed by atoms with Gasteiger partial charge in [0.2, 0.25) is 5.96 Å². The first-order valence-electron chi connectivity index (χ1n) is 12.2. The number of guanidine groups is 1. The van der Waals surface area contributed by atoms with Crippen molar-refractivity contribution in [2.45, 2.75) is 46.1 Å². The van der Waals surface area contributed by atoms with Gasteiger partial charge in [-0.3, -0.25) is 9.69 Å². The van der Waals surface area contributed by atoms with Crippen LogP contribution in [-0.2, 0) is 4.79 Å². The molecular formula is C28H30FN5O. The van der Waals surface area contributed by atoms with E-state index in [9.17, 15) is 9.18 Å². The zero-order valence-electron chi connectivity index (χ0n) is 20.4. The van der Waals surface area contributed by atoms with Crippen molar-refractivity contribution in [2.75, 3.05) is 13.1 Å². The number of carbonyl (C=O) groups is 1. The van der Waals surface area contributed by atoms with Crippen LogP contribution in [0.2, 0.25) is 0 Å². The van der Waals surface area contributed by atoms with Gasteiger partial charge in [-0.15, -0.1) is 0 Å². The highest BCUT2D eigenvalue weighted by Crippen LogP contribution is 2.36. The summed E-state index contributed by atoms with van der Waals surface area (Å²) in [7, 11) is 0. The molecule has 1 saturated heterocycles. The molecule has 1 atom stereocenters. The summed E-state index contributed by atoms with van der Waals surface area (Å²) in [5.41, 5.74) is 5.38. The number of hydrogen-bond acceptors (Lipinski definition) is 4. The van der Waals surface area contributed by atoms with Crippen LogP contribution in [0.1, 0.15) is 54.6 Å². The van der Waals surface area contributed by atoms with Gasteiger partial charge in [0.05, 0.1) is 18.1 Å². The first kappa shape index (κ1) is 23.0. The first-order valence-corrected chi connectivity index (χ1v) is 12.2. The van der Waals surface area contributed by atoms with Gasteiger partial charge in [-0.1, -0.05) is 31.5 Å². The molecule has 0 radical (unpaired) electrons. The third-order valence-electron chi connectivity index (χ3n) is 6.69. The molecule has 180 valence electrons. The SMILES string of the molecule is CCCCN1CC[C@H](c2ccc(F)cc2)N2C(=O)/C(=C/c3ccc(-n4cnc(C)c4)c(C)c3)N=C12. The Balaban J connectivity index is 1.48. The van der Waals surface area contributed by atoms with Gasteiger partial charge in [-0.2, -0.15) is 0 Å². The number of unbranched alkanes of at least 4 members (excludes halogenated alkanes) is 1. The number of carbonyl (C=O) groups excluding carboxylic acids is 1. The number of fused-ring (bicyclic) bond motifs is 1. The van der Waals surface area contributed by atoms with Crippen molar-refractivity contribution in [3.05, 3.63) is 88.9 Å². The second-order valence-corrected chi connectivity index (χ2v) is 9.28. The number of amides is 1. The van der Waals surface area contributed by atoms with Crippen LogP contribution in [0.5, 0.6) is 0 Å². The summed E-state index contributed by atoms with van der Waals surface area (Å²) in [6, 6.07) is 12.4. The van der Waals surface area contributed by atoms with Gasteiger partial charge in [0.25, 0.3) is 5.91 Å². The van der Waals surface area contributed by atoms with Gasteiger partial charge in [0.1, 0.15) is 11.5 Å². The van der Waals surface area contributed by atoms with Crippen molar-refractivity contribution >= 4 is 17.9 Å². The number of aliphatic imine (C=N–C) groups is 1. The lowest BCUT2D eigenvalue weighted by Gasteiger charge is -2.40. The molecule has 3 heterocycles. The van der Waals surface area contributed by atoms with E-state index in [4.69, 9.17) is 4.99 Å². The maximum Gasteiger partial charge on any atom is 0.279 e. The fraction of sp³-hybridized carbons (Fsp3) is 0.321. The Bertz CT molecular complexity index is 1310. The van der Waals surface area contributed by atoms with Crippen molar-refractivity contribution in [1.29, 1.82) is 0 Å². The molecule has 6 nitrogen and oxygen atoms in total. The van der Waals surface area contributed by atoms with E-state index in [0.29, 0.717) is 11.7 Å². The summed E-state index contributed by atoms with van der Waals surface area (Å²) in [6.07, 6.45) is 8.56. The molecule has 0 N–H and O–H groups in total. The predicted octanol–water partition coefficient (Wildman–Crippen LogP) is 5.41. The molecule has 7 heteroatoms. The van der Waals surface area contributed by atoms with Crippen LogP contribution >= 0.6 is 0 Å². The average molecular weight is 472 g/mol. The molecule has 2 aromatic carbocycles. The summed E-state index contributed by atoms with van der Waals surface area (Å²) in [5.74, 6) is 0.320. The lowest BCUT2D eigenvalue weighted by molar-refractivity contribution is -0.125. The number of rotatable bonds is 6. The van der Waals surface area contributed by atoms with Gasteiger partial charge < -0.3 is 9.47 Å². The molecule has 35 heavy (non-hydrogen) atoms. The zero-order valence-corrected chi connectivity index (χ0v) is 20.4. The molecular weight excluding hydrogens is 441 g/mol. The lowest BCUT2D eigenvalue weighted by Crippen LogP contribution is -2.51. The van der Waals surface area contributed by atoms with Gasteiger partial charge in [-0.05, 0) is 73.7 Å². The molecule has 1 amide bonds. The van der Waals surface area contributed by atoms with Crippen molar-refractivity contribution in [3.8, 4) is 5.69 Å². The van der Waals surface area contributed by atoms with Gasteiger partial charge in [0.15, 0.2) is 0 Å². The van der Waals surface area contributed by atoms with Crippen LogP contribution in [0.25, 0.3) is 11.8 Å². The molecule has 1 aromatic heterocycles. The van der Waals surface area contributed by atoms with E-state index >= 15 is 0 Å². The van der Waals surface area contributed by atoms with Gasteiger partial charge >= 0.3 is 0 Å². The Morgan fingerprint density at radius 3 is 2.63 bits per heavy atom. The van der Waals surface area contributed by atoms with E-state index in [-0.39, 0.29) is 17.8 Å². The van der Waals surface area contributed by atoms with E-state index in [1.807, 2.05) is 35.9 Å². The smallest absolute Gasteiger partial charge is 0.279 e. The summed E-state index contributed by atoms with van der Waals surface area (Å²) in [6.45, 7) is 7.85. The van der Waals surface area contributed by atoms with E-state index in [2.05, 4.69) is 29.8 Å². The fourth-order valence-electron chi connectivity index (χ4n) is 4.86. The molecule has 0 bridgehead atoms. The van der Waals surface area contributed by atoms with E-state index in [0.717, 1.165) is 60.4 Å². The highest BCUT2D eigenvalue weighted by atomic mass is 19.1. The van der Waals surface area contributed by atoms with Crippen LogP contribution < -0.4 is 0 Å². The average Bonchev–Trinajstić information content (AvgIpc) is 3.42. The number of halogens is 1. The van der Waals surface area contributed by atoms with Crippen LogP contribution in [0.4, 0.5) is 4.39 Å². The molecule has 2 aliphatic heterocycles. The Kier molecular flexibility index (Phi) is 6.24. The summed E-state index contributed by atoms with van der Waals surface area (Å²) < 4.78 is 15.6. The minimum Gasteiger partial charge on any atom is -0.342 e. The standard InChI is InChI=1S/C28H30FN5O/c1-4-5-13-32-14-12-26(22-7-9-23(29)10-8-22)34-27(35)24(31-28(32)34)16-21-6-11-25(19(2)15-21)33-17-20(3)30-18-33/h6-11,15-18,26H,4-5,12-14H2,1-3H3/b24-16-/t26-/m1/s1. The van der Waals surface area contributed by atoms with Gasteiger partial charge in [-0.25, -0.2) is 14.4 Å². The first-order chi connectivity index (χ1) is 16.9. The second kappa shape index (κ2) is 9.49. The highest BCUT2D eigenvalue weighted by Gasteiger charge is 2.42. The topological polar surface area (TPSA) is 53.7 Å². The van der Waals surface area contributed by atoms with Crippen LogP contribution in [0, 0.1) is 19.7 Å². The zero-order chi connectivity index (χ0) is 24.5. The second-order valence-electron chi connectivity index (χ2n) is 9.28. The quantitative estimate of drug-likeness (QED) is 0.452. The minimum absolute atomic E-state index is 0.109. The number of hydrogen-bond donors (Lipinski definition) is 0. The normalized spacial score (nSPS) is 18.9. The number of aromatic nitrogens is 2. The minimum atomic E-state index is -0.277. The largest absolute Gasteiger partial charge is 0.342 e.